The number of nitrogen functional groups attached to an aromatic ring is 1. The minimum absolute atomic E-state index is 0.231. The predicted molar refractivity (Wildman–Crippen MR) is 90.4 cm³/mol. The number of rotatable bonds is 3. The number of pyridine rings is 1. The fourth-order valence-electron chi connectivity index (χ4n) is 2.49. The normalized spacial score (nSPS) is 12.2. The average molecular weight is 379 g/mol. The number of aromatic nitrogens is 6. The van der Waals surface area contributed by atoms with E-state index >= 15 is 0 Å². The number of hydrogen-bond acceptors (Lipinski definition) is 6. The van der Waals surface area contributed by atoms with Crippen LogP contribution in [0.1, 0.15) is 12.5 Å². The third kappa shape index (κ3) is 2.69. The summed E-state index contributed by atoms with van der Waals surface area (Å²) in [6.07, 6.45) is -0.0174. The van der Waals surface area contributed by atoms with Crippen LogP contribution in [-0.2, 0) is 12.7 Å². The van der Waals surface area contributed by atoms with Crippen molar-refractivity contribution in [1.82, 2.24) is 29.4 Å². The zero-order valence-electron chi connectivity index (χ0n) is 13.4. The van der Waals surface area contributed by atoms with Gasteiger partial charge in [-0.2, -0.15) is 23.4 Å². The van der Waals surface area contributed by atoms with E-state index in [9.17, 15) is 13.2 Å². The fraction of sp³-hybridized carbons (Fsp3) is 0.200. The quantitative estimate of drug-likeness (QED) is 0.590. The summed E-state index contributed by atoms with van der Waals surface area (Å²) < 4.78 is 42.5. The topological polar surface area (TPSA) is 86.9 Å². The maximum absolute atomic E-state index is 13.1. The van der Waals surface area contributed by atoms with E-state index in [0.717, 1.165) is 12.6 Å². The molecule has 0 fully saturated rings. The van der Waals surface area contributed by atoms with E-state index in [1.165, 1.54) is 28.2 Å². The Morgan fingerprint density at radius 3 is 2.69 bits per heavy atom. The van der Waals surface area contributed by atoms with Crippen LogP contribution in [0, 0.1) is 0 Å². The molecule has 4 aromatic rings. The Hall–Kier alpha value is -2.95. The number of fused-ring (bicyclic) bond motifs is 1. The number of nitrogens with two attached hydrogens (primary N) is 1. The van der Waals surface area contributed by atoms with Gasteiger partial charge in [0.25, 0.3) is 0 Å². The molecule has 0 aliphatic carbocycles. The van der Waals surface area contributed by atoms with Gasteiger partial charge in [0.05, 0.1) is 17.5 Å². The smallest absolute Gasteiger partial charge is 0.383 e. The van der Waals surface area contributed by atoms with Crippen molar-refractivity contribution in [2.24, 2.45) is 0 Å². The first kappa shape index (κ1) is 16.5. The van der Waals surface area contributed by atoms with Crippen molar-refractivity contribution >= 4 is 22.1 Å². The lowest BCUT2D eigenvalue weighted by molar-refractivity contribution is -0.137. The Bertz CT molecular complexity index is 1090. The van der Waals surface area contributed by atoms with E-state index in [1.54, 1.807) is 4.68 Å². The summed E-state index contributed by atoms with van der Waals surface area (Å²) >= 11 is 1.30. The molecule has 7 nitrogen and oxygen atoms in total. The third-order valence-electron chi connectivity index (χ3n) is 3.79. The molecule has 0 saturated heterocycles. The highest BCUT2D eigenvalue weighted by molar-refractivity contribution is 7.19. The van der Waals surface area contributed by atoms with E-state index < -0.39 is 17.6 Å². The number of aryl methyl sites for hydroxylation is 1. The molecule has 0 aliphatic heterocycles. The zero-order valence-corrected chi connectivity index (χ0v) is 14.2. The van der Waals surface area contributed by atoms with Gasteiger partial charge >= 0.3 is 6.18 Å². The lowest BCUT2D eigenvalue weighted by Gasteiger charge is -2.10. The van der Waals surface area contributed by atoms with Crippen molar-refractivity contribution < 1.29 is 13.2 Å². The van der Waals surface area contributed by atoms with Crippen LogP contribution >= 0.6 is 11.3 Å². The SMILES string of the molecule is CCn1ccc(-c2nn3c(-c4cnc(N)c(C(F)(F)F)c4)cnc3s2)n1. The molecule has 4 aromatic heterocycles. The number of imidazole rings is 1. The third-order valence-corrected chi connectivity index (χ3v) is 4.73. The lowest BCUT2D eigenvalue weighted by Crippen LogP contribution is -2.10. The van der Waals surface area contributed by atoms with E-state index in [4.69, 9.17) is 5.73 Å². The van der Waals surface area contributed by atoms with Gasteiger partial charge in [0.2, 0.25) is 4.96 Å². The molecular formula is C15H12F3N7S. The van der Waals surface area contributed by atoms with Crippen LogP contribution in [0.3, 0.4) is 0 Å². The largest absolute Gasteiger partial charge is 0.419 e. The van der Waals surface area contributed by atoms with Gasteiger partial charge in [0.1, 0.15) is 11.5 Å². The summed E-state index contributed by atoms with van der Waals surface area (Å²) in [6, 6.07) is 2.78. The van der Waals surface area contributed by atoms with Crippen molar-refractivity contribution in [3.8, 4) is 22.0 Å². The summed E-state index contributed by atoms with van der Waals surface area (Å²) in [5.74, 6) is -0.564. The first-order valence-corrected chi connectivity index (χ1v) is 8.40. The molecule has 4 heterocycles. The van der Waals surface area contributed by atoms with Gasteiger partial charge in [0, 0.05) is 24.5 Å². The Morgan fingerprint density at radius 1 is 1.19 bits per heavy atom. The first-order chi connectivity index (χ1) is 12.4. The monoisotopic (exact) mass is 379 g/mol. The number of halogens is 3. The highest BCUT2D eigenvalue weighted by Gasteiger charge is 2.34. The maximum Gasteiger partial charge on any atom is 0.419 e. The number of alkyl halides is 3. The zero-order chi connectivity index (χ0) is 18.5. The summed E-state index contributed by atoms with van der Waals surface area (Å²) in [6.45, 7) is 2.70. The molecule has 0 radical (unpaired) electrons. The molecule has 0 atom stereocenters. The molecule has 0 saturated carbocycles. The molecule has 11 heteroatoms. The van der Waals surface area contributed by atoms with Crippen molar-refractivity contribution in [2.75, 3.05) is 5.73 Å². The van der Waals surface area contributed by atoms with Gasteiger partial charge in [-0.3, -0.25) is 4.68 Å². The van der Waals surface area contributed by atoms with Crippen LogP contribution < -0.4 is 5.73 Å². The van der Waals surface area contributed by atoms with Gasteiger partial charge in [-0.25, -0.2) is 14.5 Å². The molecule has 26 heavy (non-hydrogen) atoms. The van der Waals surface area contributed by atoms with Crippen LogP contribution in [0.2, 0.25) is 0 Å². The van der Waals surface area contributed by atoms with Crippen LogP contribution in [0.25, 0.3) is 26.9 Å². The molecule has 4 rings (SSSR count). The molecule has 0 amide bonds. The van der Waals surface area contributed by atoms with Gasteiger partial charge in [0.15, 0.2) is 5.01 Å². The van der Waals surface area contributed by atoms with E-state index in [2.05, 4.69) is 20.2 Å². The number of nitrogens with zero attached hydrogens (tertiary/aromatic N) is 6. The van der Waals surface area contributed by atoms with Crippen LogP contribution in [0.4, 0.5) is 19.0 Å². The van der Waals surface area contributed by atoms with Crippen LogP contribution in [0.15, 0.2) is 30.7 Å². The Labute approximate surface area is 148 Å². The summed E-state index contributed by atoms with van der Waals surface area (Å²) in [5, 5.41) is 9.44. The average Bonchev–Trinajstić information content (AvgIpc) is 3.29. The van der Waals surface area contributed by atoms with Crippen LogP contribution in [-0.4, -0.2) is 29.4 Å². The van der Waals surface area contributed by atoms with Gasteiger partial charge < -0.3 is 5.73 Å². The molecule has 0 aromatic carbocycles. The molecule has 2 N–H and O–H groups in total. The predicted octanol–water partition coefficient (Wildman–Crippen LogP) is 3.34. The van der Waals surface area contributed by atoms with E-state index in [0.29, 0.717) is 21.4 Å². The highest BCUT2D eigenvalue weighted by Crippen LogP contribution is 2.35. The summed E-state index contributed by atoms with van der Waals surface area (Å²) in [4.78, 5) is 8.44. The fourth-order valence-corrected chi connectivity index (χ4v) is 3.33. The lowest BCUT2D eigenvalue weighted by atomic mass is 10.1. The number of hydrogen-bond donors (Lipinski definition) is 1. The second-order valence-corrected chi connectivity index (χ2v) is 6.41. The van der Waals surface area contributed by atoms with Crippen molar-refractivity contribution in [3.05, 3.63) is 36.3 Å². The molecule has 134 valence electrons. The van der Waals surface area contributed by atoms with Gasteiger partial charge in [-0.05, 0) is 19.1 Å². The first-order valence-electron chi connectivity index (χ1n) is 7.58. The van der Waals surface area contributed by atoms with Gasteiger partial charge in [-0.1, -0.05) is 11.3 Å². The molecular weight excluding hydrogens is 367 g/mol. The van der Waals surface area contributed by atoms with Gasteiger partial charge in [-0.15, -0.1) is 0 Å². The Balaban J connectivity index is 1.81. The minimum atomic E-state index is -4.59. The maximum atomic E-state index is 13.1. The molecule has 0 unspecified atom stereocenters. The van der Waals surface area contributed by atoms with Crippen LogP contribution in [0.5, 0.6) is 0 Å². The summed E-state index contributed by atoms with van der Waals surface area (Å²) in [7, 11) is 0. The minimum Gasteiger partial charge on any atom is -0.383 e. The highest BCUT2D eigenvalue weighted by atomic mass is 32.1. The Kier molecular flexibility index (Phi) is 3.68. The Morgan fingerprint density at radius 2 is 2.00 bits per heavy atom. The second kappa shape index (κ2) is 5.80. The number of anilines is 1. The molecule has 0 bridgehead atoms. The molecule has 0 aliphatic rings. The summed E-state index contributed by atoms with van der Waals surface area (Å²) in [5.41, 5.74) is 5.69. The van der Waals surface area contributed by atoms with E-state index in [-0.39, 0.29) is 5.56 Å². The molecule has 0 spiro atoms. The standard InChI is InChI=1S/C15H12F3N7S/c1-2-24-4-3-10(22-24)13-23-25-11(7-21-14(25)26-13)8-5-9(15(16,17)18)12(19)20-6-8/h3-7H,2H2,1H3,(H2,19,20). The second-order valence-electron chi connectivity index (χ2n) is 5.46. The van der Waals surface area contributed by atoms with Crippen molar-refractivity contribution in [3.63, 3.8) is 0 Å². The van der Waals surface area contributed by atoms with Crippen molar-refractivity contribution in [1.29, 1.82) is 0 Å². The van der Waals surface area contributed by atoms with Crippen molar-refractivity contribution in [2.45, 2.75) is 19.6 Å². The van der Waals surface area contributed by atoms with E-state index in [1.807, 2.05) is 19.2 Å².